The number of hydrogen-bond acceptors (Lipinski definition) is 8. The van der Waals surface area contributed by atoms with E-state index in [1.165, 1.54) is 18.2 Å². The van der Waals surface area contributed by atoms with Gasteiger partial charge in [-0.15, -0.1) is 0 Å². The van der Waals surface area contributed by atoms with E-state index >= 15 is 0 Å². The van der Waals surface area contributed by atoms with Crippen molar-refractivity contribution in [2.24, 2.45) is 0 Å². The first-order valence-electron chi connectivity index (χ1n) is 11.4. The maximum absolute atomic E-state index is 9.59. The predicted octanol–water partition coefficient (Wildman–Crippen LogP) is 4.19. The Hall–Kier alpha value is -3.61. The number of piperidine rings is 1. The highest BCUT2D eigenvalue weighted by Crippen LogP contribution is 2.37. The van der Waals surface area contributed by atoms with E-state index in [-0.39, 0.29) is 0 Å². The van der Waals surface area contributed by atoms with Crippen molar-refractivity contribution >= 4 is 32.7 Å². The number of nitriles is 1. The summed E-state index contributed by atoms with van der Waals surface area (Å²) >= 11 is 3.56. The van der Waals surface area contributed by atoms with E-state index in [2.05, 4.69) is 65.2 Å². The molecule has 3 aliphatic heterocycles. The number of rotatable bonds is 5. The van der Waals surface area contributed by atoms with Crippen LogP contribution < -0.4 is 9.64 Å². The van der Waals surface area contributed by atoms with E-state index in [9.17, 15) is 5.26 Å². The van der Waals surface area contributed by atoms with E-state index < -0.39 is 0 Å². The zero-order chi connectivity index (χ0) is 23.9. The lowest BCUT2D eigenvalue weighted by molar-refractivity contribution is -0.00876. The molecule has 0 N–H and O–H groups in total. The molecule has 1 aromatic carbocycles. The van der Waals surface area contributed by atoms with Crippen LogP contribution in [0.1, 0.15) is 17.5 Å². The fourth-order valence-corrected chi connectivity index (χ4v) is 5.63. The molecule has 7 rings (SSSR count). The maximum Gasteiger partial charge on any atom is 0.212 e. The summed E-state index contributed by atoms with van der Waals surface area (Å²) in [5.41, 5.74) is 4.26. The van der Waals surface area contributed by atoms with Gasteiger partial charge in [-0.05, 0) is 41.8 Å². The molecular formula is C26H22BrN7O. The molecule has 35 heavy (non-hydrogen) atoms. The van der Waals surface area contributed by atoms with Gasteiger partial charge in [0.1, 0.15) is 11.9 Å². The Bertz CT molecular complexity index is 1420. The second-order valence-corrected chi connectivity index (χ2v) is 9.87. The number of fused-ring (bicyclic) bond motifs is 3. The van der Waals surface area contributed by atoms with E-state index in [1.807, 2.05) is 30.6 Å². The Balaban J connectivity index is 1.20. The van der Waals surface area contributed by atoms with Crippen molar-refractivity contribution in [3.8, 4) is 23.1 Å². The van der Waals surface area contributed by atoms with Crippen molar-refractivity contribution in [3.05, 3.63) is 70.6 Å². The molecule has 4 aromatic rings. The Labute approximate surface area is 211 Å². The lowest BCUT2D eigenvalue weighted by atomic mass is 9.87. The number of methoxy groups -OCH3 is 1. The third kappa shape index (κ3) is 3.99. The summed E-state index contributed by atoms with van der Waals surface area (Å²) < 4.78 is 6.05. The Kier molecular flexibility index (Phi) is 5.55. The Morgan fingerprint density at radius 3 is 2.63 bits per heavy atom. The lowest BCUT2D eigenvalue weighted by Crippen LogP contribution is -2.68. The van der Waals surface area contributed by atoms with Crippen LogP contribution in [0.4, 0.5) is 5.82 Å². The average molecular weight is 528 g/mol. The van der Waals surface area contributed by atoms with Gasteiger partial charge in [-0.1, -0.05) is 22.0 Å². The molecule has 9 heteroatoms. The van der Waals surface area contributed by atoms with Crippen molar-refractivity contribution in [2.45, 2.75) is 25.0 Å². The minimum Gasteiger partial charge on any atom is -0.481 e. The maximum atomic E-state index is 9.59. The van der Waals surface area contributed by atoms with Gasteiger partial charge in [0.05, 0.1) is 24.4 Å². The summed E-state index contributed by atoms with van der Waals surface area (Å²) in [6.07, 6.45) is 6.52. The molecule has 6 heterocycles. The number of benzene rings is 1. The van der Waals surface area contributed by atoms with Crippen LogP contribution in [0.3, 0.4) is 0 Å². The Morgan fingerprint density at radius 2 is 1.94 bits per heavy atom. The van der Waals surface area contributed by atoms with Gasteiger partial charge in [0.15, 0.2) is 0 Å². The smallest absolute Gasteiger partial charge is 0.212 e. The van der Waals surface area contributed by atoms with Crippen molar-refractivity contribution < 1.29 is 4.74 Å². The number of nitrogens with zero attached hydrogens (tertiary/aromatic N) is 7. The van der Waals surface area contributed by atoms with Crippen molar-refractivity contribution in [1.29, 1.82) is 5.26 Å². The first-order valence-corrected chi connectivity index (χ1v) is 12.2. The number of hydrogen-bond donors (Lipinski definition) is 0. The highest BCUT2D eigenvalue weighted by atomic mass is 79.9. The van der Waals surface area contributed by atoms with Gasteiger partial charge in [-0.2, -0.15) is 15.5 Å². The minimum atomic E-state index is 0.504. The van der Waals surface area contributed by atoms with Crippen LogP contribution in [-0.4, -0.2) is 57.3 Å². The van der Waals surface area contributed by atoms with E-state index in [0.717, 1.165) is 46.4 Å². The molecule has 0 saturated carbocycles. The summed E-state index contributed by atoms with van der Waals surface area (Å²) in [6, 6.07) is 15.3. The summed E-state index contributed by atoms with van der Waals surface area (Å²) in [7, 11) is 1.64. The van der Waals surface area contributed by atoms with Gasteiger partial charge in [0.2, 0.25) is 5.88 Å². The molecular weight excluding hydrogens is 506 g/mol. The molecule has 3 fully saturated rings. The predicted molar refractivity (Wildman–Crippen MR) is 136 cm³/mol. The highest BCUT2D eigenvalue weighted by Gasteiger charge is 2.44. The van der Waals surface area contributed by atoms with E-state index in [4.69, 9.17) is 9.72 Å². The lowest BCUT2D eigenvalue weighted by Gasteiger charge is -2.56. The number of piperazine rings is 1. The fourth-order valence-electron chi connectivity index (χ4n) is 5.18. The van der Waals surface area contributed by atoms with E-state index in [1.54, 1.807) is 7.11 Å². The Morgan fingerprint density at radius 1 is 1.09 bits per heavy atom. The molecule has 0 aliphatic carbocycles. The van der Waals surface area contributed by atoms with Crippen LogP contribution in [0.2, 0.25) is 0 Å². The summed E-state index contributed by atoms with van der Waals surface area (Å²) in [5.74, 6) is 1.62. The molecule has 174 valence electrons. The zero-order valence-corrected chi connectivity index (χ0v) is 20.7. The summed E-state index contributed by atoms with van der Waals surface area (Å²) in [6.45, 7) is 2.83. The second kappa shape index (κ2) is 8.87. The molecule has 0 spiro atoms. The van der Waals surface area contributed by atoms with Crippen LogP contribution in [0.25, 0.3) is 22.0 Å². The van der Waals surface area contributed by atoms with Crippen LogP contribution in [0, 0.1) is 11.3 Å². The molecule has 3 saturated heterocycles. The molecule has 2 bridgehead atoms. The van der Waals surface area contributed by atoms with Gasteiger partial charge in [0.25, 0.3) is 0 Å². The SMILES string of the molecule is COc1ccc(CN2C3CC2CN(c2ccc(-c4cc(Br)cc5nncc(C#N)c45)cn2)C3)cn1. The number of halogens is 1. The summed E-state index contributed by atoms with van der Waals surface area (Å²) in [4.78, 5) is 14.1. The summed E-state index contributed by atoms with van der Waals surface area (Å²) in [5, 5.41) is 18.6. The first-order chi connectivity index (χ1) is 17.1. The number of pyridine rings is 2. The van der Waals surface area contributed by atoms with Crippen LogP contribution in [0.5, 0.6) is 5.88 Å². The standard InChI is InChI=1S/C26H22BrN7O/c1-35-25-5-2-16(10-30-25)13-34-20-8-21(34)15-33(14-20)24-4-3-17(11-29-24)22-6-19(27)7-23-26(22)18(9-28)12-31-32-23/h2-7,10-12,20-21H,8,13-15H2,1H3. The molecule has 3 aliphatic rings. The number of ether oxygens (including phenoxy) is 1. The number of anilines is 1. The fraction of sp³-hybridized carbons (Fsp3) is 0.269. The van der Waals surface area contributed by atoms with Gasteiger partial charge in [-0.3, -0.25) is 4.90 Å². The molecule has 2 unspecified atom stereocenters. The molecule has 3 aromatic heterocycles. The monoisotopic (exact) mass is 527 g/mol. The molecule has 0 radical (unpaired) electrons. The van der Waals surface area contributed by atoms with Gasteiger partial charge in [-0.25, -0.2) is 9.97 Å². The second-order valence-electron chi connectivity index (χ2n) is 8.95. The van der Waals surface area contributed by atoms with Gasteiger partial charge in [0, 0.05) is 65.6 Å². The number of aromatic nitrogens is 4. The highest BCUT2D eigenvalue weighted by molar-refractivity contribution is 9.10. The first kappa shape index (κ1) is 21.9. The normalized spacial score (nSPS) is 19.3. The zero-order valence-electron chi connectivity index (χ0n) is 19.1. The van der Waals surface area contributed by atoms with Crippen molar-refractivity contribution in [2.75, 3.05) is 25.1 Å². The van der Waals surface area contributed by atoms with E-state index in [0.29, 0.717) is 29.0 Å². The third-order valence-electron chi connectivity index (χ3n) is 6.92. The van der Waals surface area contributed by atoms with Gasteiger partial charge >= 0.3 is 0 Å². The van der Waals surface area contributed by atoms with Crippen LogP contribution in [0.15, 0.2) is 59.5 Å². The average Bonchev–Trinajstić information content (AvgIpc) is 2.91. The van der Waals surface area contributed by atoms with Gasteiger partial charge < -0.3 is 9.64 Å². The van der Waals surface area contributed by atoms with Crippen LogP contribution in [-0.2, 0) is 6.54 Å². The quantitative estimate of drug-likeness (QED) is 0.381. The largest absolute Gasteiger partial charge is 0.481 e. The molecule has 2 atom stereocenters. The van der Waals surface area contributed by atoms with Crippen LogP contribution >= 0.6 is 15.9 Å². The van der Waals surface area contributed by atoms with Crippen molar-refractivity contribution in [3.63, 3.8) is 0 Å². The minimum absolute atomic E-state index is 0.504. The third-order valence-corrected chi connectivity index (χ3v) is 7.38. The molecule has 8 nitrogen and oxygen atoms in total. The van der Waals surface area contributed by atoms with Crippen molar-refractivity contribution in [1.82, 2.24) is 25.1 Å². The topological polar surface area (TPSA) is 91.1 Å². The molecule has 0 amide bonds.